The van der Waals surface area contributed by atoms with Crippen LogP contribution < -0.4 is 9.90 Å². The molecule has 0 aliphatic heterocycles. The third-order valence-corrected chi connectivity index (χ3v) is 4.01. The van der Waals surface area contributed by atoms with Crippen LogP contribution in [-0.2, 0) is 0 Å². The highest BCUT2D eigenvalue weighted by Crippen LogP contribution is 2.34. The molecule has 0 heterocycles. The van der Waals surface area contributed by atoms with Crippen molar-refractivity contribution in [2.45, 2.75) is 0 Å². The fraction of sp³-hybridized carbons (Fsp3) is 0. The largest absolute Gasteiger partial charge is 0.478 e. The van der Waals surface area contributed by atoms with Gasteiger partial charge in [-0.15, -0.1) is 0 Å². The Morgan fingerprint density at radius 2 is 0.966 bits per heavy atom. The Labute approximate surface area is 164 Å². The molecule has 29 heavy (non-hydrogen) atoms. The van der Waals surface area contributed by atoms with E-state index >= 15 is 0 Å². The summed E-state index contributed by atoms with van der Waals surface area (Å²) in [5.41, 5.74) is -0.401. The molecule has 3 rings (SSSR count). The van der Waals surface area contributed by atoms with Crippen LogP contribution in [0.3, 0.4) is 0 Å². The molecule has 0 spiro atoms. The molecule has 3 aromatic carbocycles. The van der Waals surface area contributed by atoms with Crippen molar-refractivity contribution >= 4 is 29.3 Å². The summed E-state index contributed by atoms with van der Waals surface area (Å²) in [6.45, 7) is 0. The third-order valence-electron chi connectivity index (χ3n) is 4.01. The smallest absolute Gasteiger partial charge is 0.339 e. The second-order valence-corrected chi connectivity index (χ2v) is 5.83. The average molecular weight is 393 g/mol. The molecular weight excluding hydrogens is 378 g/mol. The van der Waals surface area contributed by atoms with Crippen molar-refractivity contribution < 1.29 is 34.5 Å². The average Bonchev–Trinajstić information content (AvgIpc) is 2.72. The van der Waals surface area contributed by atoms with E-state index < -0.39 is 17.9 Å². The van der Waals surface area contributed by atoms with Gasteiger partial charge < -0.3 is 20.2 Å². The van der Waals surface area contributed by atoms with Gasteiger partial charge in [-0.1, -0.05) is 36.4 Å². The van der Waals surface area contributed by atoms with Gasteiger partial charge in [0.2, 0.25) is 0 Å². The molecule has 3 aromatic rings. The summed E-state index contributed by atoms with van der Waals surface area (Å²) in [6, 6.07) is 17.5. The fourth-order valence-corrected chi connectivity index (χ4v) is 2.71. The van der Waals surface area contributed by atoms with E-state index in [4.69, 9.17) is 4.84 Å². The van der Waals surface area contributed by atoms with Crippen LogP contribution in [0.1, 0.15) is 31.1 Å². The fourth-order valence-electron chi connectivity index (χ4n) is 2.71. The van der Waals surface area contributed by atoms with E-state index in [9.17, 15) is 29.7 Å². The molecule has 8 nitrogen and oxygen atoms in total. The normalized spacial score (nSPS) is 10.2. The van der Waals surface area contributed by atoms with Crippen LogP contribution in [0.2, 0.25) is 0 Å². The summed E-state index contributed by atoms with van der Waals surface area (Å²) in [4.78, 5) is 40.7. The molecule has 0 unspecified atom stereocenters. The molecular formula is C21H15NO7. The van der Waals surface area contributed by atoms with E-state index in [1.54, 1.807) is 18.2 Å². The van der Waals surface area contributed by atoms with Crippen molar-refractivity contribution in [1.82, 2.24) is 0 Å². The Morgan fingerprint density at radius 1 is 0.586 bits per heavy atom. The van der Waals surface area contributed by atoms with Gasteiger partial charge in [0.25, 0.3) is 0 Å². The zero-order valence-electron chi connectivity index (χ0n) is 14.9. The van der Waals surface area contributed by atoms with Gasteiger partial charge in [-0.25, -0.2) is 14.4 Å². The van der Waals surface area contributed by atoms with Gasteiger partial charge in [0.05, 0.1) is 22.5 Å². The topological polar surface area (TPSA) is 124 Å². The zero-order valence-corrected chi connectivity index (χ0v) is 14.9. The van der Waals surface area contributed by atoms with Gasteiger partial charge in [-0.3, -0.25) is 0 Å². The number of rotatable bonds is 7. The first-order valence-electron chi connectivity index (χ1n) is 8.35. The van der Waals surface area contributed by atoms with Crippen LogP contribution >= 0.6 is 0 Å². The van der Waals surface area contributed by atoms with Crippen LogP contribution in [0.15, 0.2) is 72.8 Å². The molecule has 0 amide bonds. The monoisotopic (exact) mass is 393 g/mol. The van der Waals surface area contributed by atoms with Gasteiger partial charge in [-0.2, -0.15) is 5.06 Å². The number of nitrogens with zero attached hydrogens (tertiary/aromatic N) is 1. The number of anilines is 2. The summed E-state index contributed by atoms with van der Waals surface area (Å²) in [5, 5.41) is 29.5. The number of carbonyl (C=O) groups is 3. The van der Waals surface area contributed by atoms with Crippen LogP contribution in [0.4, 0.5) is 11.4 Å². The van der Waals surface area contributed by atoms with Gasteiger partial charge >= 0.3 is 17.9 Å². The number of hydrogen-bond donors (Lipinski definition) is 3. The second-order valence-electron chi connectivity index (χ2n) is 5.83. The Balaban J connectivity index is 2.24. The van der Waals surface area contributed by atoms with E-state index in [-0.39, 0.29) is 33.8 Å². The molecule has 0 saturated carbocycles. The van der Waals surface area contributed by atoms with Crippen molar-refractivity contribution in [2.75, 3.05) is 5.06 Å². The highest BCUT2D eigenvalue weighted by molar-refractivity contribution is 5.99. The number of carboxylic acid groups (broad SMARTS) is 3. The predicted molar refractivity (Wildman–Crippen MR) is 103 cm³/mol. The molecule has 8 heteroatoms. The lowest BCUT2D eigenvalue weighted by Gasteiger charge is -2.27. The first-order chi connectivity index (χ1) is 13.9. The van der Waals surface area contributed by atoms with Crippen molar-refractivity contribution in [3.63, 3.8) is 0 Å². The molecule has 0 saturated heterocycles. The van der Waals surface area contributed by atoms with Crippen molar-refractivity contribution in [3.8, 4) is 5.75 Å². The summed E-state index contributed by atoms with van der Waals surface area (Å²) in [7, 11) is 0. The summed E-state index contributed by atoms with van der Waals surface area (Å²) in [5.74, 6) is -3.85. The predicted octanol–water partition coefficient (Wildman–Crippen LogP) is 3.91. The van der Waals surface area contributed by atoms with Gasteiger partial charge in [0.1, 0.15) is 5.56 Å². The maximum Gasteiger partial charge on any atom is 0.339 e. The quantitative estimate of drug-likeness (QED) is 0.516. The van der Waals surface area contributed by atoms with Gasteiger partial charge in [0, 0.05) is 0 Å². The number of carboxylic acids is 3. The molecule has 0 bridgehead atoms. The van der Waals surface area contributed by atoms with E-state index in [1.807, 2.05) is 0 Å². The number of benzene rings is 3. The maximum atomic E-state index is 11.7. The second kappa shape index (κ2) is 8.13. The number of hydrogen-bond acceptors (Lipinski definition) is 5. The van der Waals surface area contributed by atoms with Gasteiger partial charge in [-0.05, 0) is 36.4 Å². The highest BCUT2D eigenvalue weighted by Gasteiger charge is 2.25. The first-order valence-corrected chi connectivity index (χ1v) is 8.35. The van der Waals surface area contributed by atoms with E-state index in [0.29, 0.717) is 0 Å². The molecule has 0 aliphatic carbocycles. The third kappa shape index (κ3) is 4.01. The van der Waals surface area contributed by atoms with Gasteiger partial charge in [0.15, 0.2) is 5.75 Å². The lowest BCUT2D eigenvalue weighted by Crippen LogP contribution is -2.26. The van der Waals surface area contributed by atoms with E-state index in [0.717, 1.165) is 5.06 Å². The molecule has 0 fully saturated rings. The SMILES string of the molecule is O=C(O)c1ccccc1ON(c1ccccc1C(=O)O)c1ccccc1C(=O)O. The molecule has 0 atom stereocenters. The van der Waals surface area contributed by atoms with Crippen LogP contribution in [0.25, 0.3) is 0 Å². The van der Waals surface area contributed by atoms with Crippen LogP contribution in [-0.4, -0.2) is 33.2 Å². The Hall–Kier alpha value is -4.33. The lowest BCUT2D eigenvalue weighted by atomic mass is 10.1. The molecule has 146 valence electrons. The van der Waals surface area contributed by atoms with Crippen LogP contribution in [0, 0.1) is 0 Å². The van der Waals surface area contributed by atoms with E-state index in [1.165, 1.54) is 54.6 Å². The molecule has 0 aliphatic rings. The van der Waals surface area contributed by atoms with Crippen LogP contribution in [0.5, 0.6) is 5.75 Å². The Morgan fingerprint density at radius 3 is 1.41 bits per heavy atom. The van der Waals surface area contributed by atoms with Crippen molar-refractivity contribution in [3.05, 3.63) is 89.5 Å². The lowest BCUT2D eigenvalue weighted by molar-refractivity contribution is 0.0678. The summed E-state index contributed by atoms with van der Waals surface area (Å²) < 4.78 is 0. The Kier molecular flexibility index (Phi) is 5.45. The van der Waals surface area contributed by atoms with E-state index in [2.05, 4.69) is 0 Å². The zero-order chi connectivity index (χ0) is 21.0. The maximum absolute atomic E-state index is 11.7. The number of para-hydroxylation sites is 3. The minimum absolute atomic E-state index is 0.0360. The molecule has 0 aromatic heterocycles. The summed E-state index contributed by atoms with van der Waals surface area (Å²) in [6.07, 6.45) is 0. The van der Waals surface area contributed by atoms with Crippen molar-refractivity contribution in [1.29, 1.82) is 0 Å². The number of aromatic carboxylic acids is 3. The standard InChI is InChI=1S/C21H15NO7/c23-19(24)13-7-1-4-10-16(13)22(17-11-5-2-8-14(17)20(25)26)29-18-12-6-3-9-15(18)21(27)28/h1-12H,(H,23,24)(H,25,26)(H,27,28). The summed E-state index contributed by atoms with van der Waals surface area (Å²) >= 11 is 0. The minimum Gasteiger partial charge on any atom is -0.478 e. The molecule has 3 N–H and O–H groups in total. The highest BCUT2D eigenvalue weighted by atomic mass is 16.7. The first kappa shape index (κ1) is 19.4. The van der Waals surface area contributed by atoms with Crippen molar-refractivity contribution in [2.24, 2.45) is 0 Å². The molecule has 0 radical (unpaired) electrons. The minimum atomic E-state index is -1.26. The Bertz CT molecular complexity index is 1040.